The van der Waals surface area contributed by atoms with Crippen LogP contribution in [-0.4, -0.2) is 54.4 Å². The second-order valence-electron chi connectivity index (χ2n) is 6.64. The minimum atomic E-state index is -3.73. The summed E-state index contributed by atoms with van der Waals surface area (Å²) in [6.45, 7) is -0.0738. The van der Waals surface area contributed by atoms with E-state index in [1.165, 1.54) is 18.2 Å². The van der Waals surface area contributed by atoms with Crippen molar-refractivity contribution in [2.75, 3.05) is 24.3 Å². The number of benzene rings is 2. The molecule has 0 aromatic heterocycles. The average Bonchev–Trinajstić information content (AvgIpc) is 2.69. The molecule has 0 radical (unpaired) electrons. The third-order valence-corrected chi connectivity index (χ3v) is 5.05. The quantitative estimate of drug-likeness (QED) is 0.409. The van der Waals surface area contributed by atoms with E-state index in [4.69, 9.17) is 4.74 Å². The summed E-state index contributed by atoms with van der Waals surface area (Å²) < 4.78 is 59.2. The SMILES string of the molecule is COC(=O)c1cc(NS(C)(=O)=O)cc(C(=O)OC(=O)c2cccc(CNS(C)(=O)=O)c2)c1. The smallest absolute Gasteiger partial charge is 0.346 e. The Morgan fingerprint density at radius 1 is 0.812 bits per heavy atom. The number of anilines is 1. The van der Waals surface area contributed by atoms with Gasteiger partial charge in [-0.25, -0.2) is 35.9 Å². The Morgan fingerprint density at radius 2 is 1.41 bits per heavy atom. The molecule has 0 saturated heterocycles. The van der Waals surface area contributed by atoms with Crippen molar-refractivity contribution in [3.63, 3.8) is 0 Å². The fourth-order valence-corrected chi connectivity index (χ4v) is 3.45. The maximum Gasteiger partial charge on any atom is 0.346 e. The van der Waals surface area contributed by atoms with E-state index in [9.17, 15) is 31.2 Å². The van der Waals surface area contributed by atoms with Crippen molar-refractivity contribution >= 4 is 43.6 Å². The van der Waals surface area contributed by atoms with Crippen molar-refractivity contribution in [1.29, 1.82) is 0 Å². The molecule has 0 aliphatic heterocycles. The highest BCUT2D eigenvalue weighted by atomic mass is 32.2. The number of hydrogen-bond acceptors (Lipinski definition) is 9. The van der Waals surface area contributed by atoms with Crippen LogP contribution >= 0.6 is 0 Å². The first kappa shape index (κ1) is 25.0. The number of nitrogens with one attached hydrogen (secondary N) is 2. The summed E-state index contributed by atoms with van der Waals surface area (Å²) in [6.07, 6.45) is 1.87. The number of hydrogen-bond donors (Lipinski definition) is 2. The topological polar surface area (TPSA) is 162 Å². The molecule has 0 aliphatic carbocycles. The molecule has 0 atom stereocenters. The van der Waals surface area contributed by atoms with E-state index in [1.807, 2.05) is 0 Å². The van der Waals surface area contributed by atoms with Crippen LogP contribution in [0.2, 0.25) is 0 Å². The van der Waals surface area contributed by atoms with E-state index < -0.39 is 38.0 Å². The zero-order valence-corrected chi connectivity index (χ0v) is 18.9. The summed E-state index contributed by atoms with van der Waals surface area (Å²) >= 11 is 0. The molecular weight excluding hydrogens is 464 g/mol. The van der Waals surface area contributed by atoms with Gasteiger partial charge >= 0.3 is 17.9 Å². The largest absolute Gasteiger partial charge is 0.465 e. The molecule has 0 heterocycles. The van der Waals surface area contributed by atoms with Gasteiger partial charge in [0.05, 0.1) is 42.0 Å². The van der Waals surface area contributed by atoms with Gasteiger partial charge < -0.3 is 9.47 Å². The van der Waals surface area contributed by atoms with Gasteiger partial charge in [0.15, 0.2) is 0 Å². The minimum Gasteiger partial charge on any atom is -0.465 e. The fourth-order valence-electron chi connectivity index (χ4n) is 2.48. The zero-order valence-electron chi connectivity index (χ0n) is 17.2. The van der Waals surface area contributed by atoms with Gasteiger partial charge in [-0.3, -0.25) is 4.72 Å². The van der Waals surface area contributed by atoms with E-state index in [0.717, 1.165) is 37.8 Å². The first-order valence-corrected chi connectivity index (χ1v) is 12.6. The van der Waals surface area contributed by atoms with Gasteiger partial charge in [-0.15, -0.1) is 0 Å². The summed E-state index contributed by atoms with van der Waals surface area (Å²) in [5.41, 5.74) is -0.102. The zero-order chi connectivity index (χ0) is 24.1. The second kappa shape index (κ2) is 9.89. The van der Waals surface area contributed by atoms with E-state index in [2.05, 4.69) is 14.2 Å². The molecular formula is C19H20N2O9S2. The molecule has 13 heteroatoms. The van der Waals surface area contributed by atoms with E-state index in [-0.39, 0.29) is 28.9 Å². The predicted molar refractivity (Wildman–Crippen MR) is 114 cm³/mol. The number of rotatable bonds is 8. The Morgan fingerprint density at radius 3 is 1.97 bits per heavy atom. The molecule has 172 valence electrons. The lowest BCUT2D eigenvalue weighted by molar-refractivity contribution is 0.0397. The summed E-state index contributed by atoms with van der Waals surface area (Å²) in [5.74, 6) is -3.01. The van der Waals surface area contributed by atoms with E-state index in [0.29, 0.717) is 5.56 Å². The molecule has 0 bridgehead atoms. The van der Waals surface area contributed by atoms with Gasteiger partial charge in [0.2, 0.25) is 20.0 Å². The van der Waals surface area contributed by atoms with Crippen molar-refractivity contribution in [3.8, 4) is 0 Å². The Bertz CT molecular complexity index is 1270. The molecule has 2 aromatic rings. The van der Waals surface area contributed by atoms with Crippen LogP contribution in [0.15, 0.2) is 42.5 Å². The standard InChI is InChI=1S/C19H20N2O9S2/c1-29-17(22)14-8-15(10-16(9-14)21-32(3,27)28)19(24)30-18(23)13-6-4-5-12(7-13)11-20-31(2,25)26/h4-10,20-21H,11H2,1-3H3. The molecule has 0 spiro atoms. The number of ether oxygens (including phenoxy) is 2. The number of carbonyl (C=O) groups is 3. The van der Waals surface area contributed by atoms with Crippen molar-refractivity contribution < 1.29 is 40.7 Å². The Hall–Kier alpha value is -3.29. The average molecular weight is 485 g/mol. The number of sulfonamides is 2. The molecule has 0 fully saturated rings. The van der Waals surface area contributed by atoms with E-state index >= 15 is 0 Å². The normalized spacial score (nSPS) is 11.5. The van der Waals surface area contributed by atoms with E-state index in [1.54, 1.807) is 6.07 Å². The maximum absolute atomic E-state index is 12.5. The number of esters is 3. The van der Waals surface area contributed by atoms with Gasteiger partial charge in [0.25, 0.3) is 0 Å². The van der Waals surface area contributed by atoms with Crippen LogP contribution in [0.25, 0.3) is 0 Å². The molecule has 2 aromatic carbocycles. The lowest BCUT2D eigenvalue weighted by atomic mass is 10.1. The molecule has 0 amide bonds. The van der Waals surface area contributed by atoms with Crippen LogP contribution in [0.3, 0.4) is 0 Å². The van der Waals surface area contributed by atoms with Crippen molar-refractivity contribution in [2.45, 2.75) is 6.54 Å². The summed E-state index contributed by atoms with van der Waals surface area (Å²) in [4.78, 5) is 36.7. The molecule has 32 heavy (non-hydrogen) atoms. The van der Waals surface area contributed by atoms with Crippen molar-refractivity contribution in [1.82, 2.24) is 4.72 Å². The van der Waals surface area contributed by atoms with Crippen LogP contribution in [0.5, 0.6) is 0 Å². The molecule has 2 N–H and O–H groups in total. The first-order chi connectivity index (χ1) is 14.8. The Balaban J connectivity index is 2.27. The minimum absolute atomic E-state index is 0.0234. The maximum atomic E-state index is 12.5. The Labute approximate surface area is 184 Å². The first-order valence-electron chi connectivity index (χ1n) is 8.78. The molecule has 0 saturated carbocycles. The predicted octanol–water partition coefficient (Wildman–Crippen LogP) is 0.891. The lowest BCUT2D eigenvalue weighted by Crippen LogP contribution is -2.21. The summed E-state index contributed by atoms with van der Waals surface area (Å²) in [5, 5.41) is 0. The van der Waals surface area contributed by atoms with Crippen LogP contribution in [-0.2, 0) is 36.1 Å². The van der Waals surface area contributed by atoms with Crippen LogP contribution < -0.4 is 9.44 Å². The van der Waals surface area contributed by atoms with Gasteiger partial charge in [0, 0.05) is 6.54 Å². The highest BCUT2D eigenvalue weighted by Crippen LogP contribution is 2.19. The molecule has 0 aliphatic rings. The third kappa shape index (κ3) is 7.76. The second-order valence-corrected chi connectivity index (χ2v) is 10.2. The number of carbonyl (C=O) groups excluding carboxylic acids is 3. The number of methoxy groups -OCH3 is 1. The highest BCUT2D eigenvalue weighted by molar-refractivity contribution is 7.92. The molecule has 0 unspecified atom stereocenters. The monoisotopic (exact) mass is 484 g/mol. The summed E-state index contributed by atoms with van der Waals surface area (Å²) in [6, 6.07) is 9.09. The lowest BCUT2D eigenvalue weighted by Gasteiger charge is -2.10. The van der Waals surface area contributed by atoms with Gasteiger partial charge in [-0.05, 0) is 35.9 Å². The van der Waals surface area contributed by atoms with Gasteiger partial charge in [0.1, 0.15) is 0 Å². The van der Waals surface area contributed by atoms with Crippen LogP contribution in [0.1, 0.15) is 36.6 Å². The van der Waals surface area contributed by atoms with Crippen molar-refractivity contribution in [2.24, 2.45) is 0 Å². The van der Waals surface area contributed by atoms with Gasteiger partial charge in [-0.2, -0.15) is 0 Å². The summed E-state index contributed by atoms with van der Waals surface area (Å²) in [7, 11) is -6.07. The Kier molecular flexibility index (Phi) is 7.72. The molecule has 11 nitrogen and oxygen atoms in total. The highest BCUT2D eigenvalue weighted by Gasteiger charge is 2.19. The van der Waals surface area contributed by atoms with Crippen molar-refractivity contribution in [3.05, 3.63) is 64.7 Å². The van der Waals surface area contributed by atoms with Crippen LogP contribution in [0, 0.1) is 0 Å². The molecule has 2 rings (SSSR count). The third-order valence-electron chi connectivity index (χ3n) is 3.78. The fraction of sp³-hybridized carbons (Fsp3) is 0.211. The van der Waals surface area contributed by atoms with Crippen LogP contribution in [0.4, 0.5) is 5.69 Å². The van der Waals surface area contributed by atoms with Gasteiger partial charge in [-0.1, -0.05) is 12.1 Å².